The Morgan fingerprint density at radius 2 is 2.15 bits per heavy atom. The molecule has 20 heavy (non-hydrogen) atoms. The molecule has 0 aliphatic heterocycles. The molecule has 0 fully saturated rings. The van der Waals surface area contributed by atoms with Gasteiger partial charge in [0.25, 0.3) is 0 Å². The number of hydrogen-bond donors (Lipinski definition) is 1. The van der Waals surface area contributed by atoms with Gasteiger partial charge in [-0.25, -0.2) is 0 Å². The molecule has 1 aromatic carbocycles. The van der Waals surface area contributed by atoms with Crippen molar-refractivity contribution >= 4 is 11.7 Å². The molecule has 1 N–H and O–H groups in total. The number of aryl methyl sites for hydroxylation is 1. The summed E-state index contributed by atoms with van der Waals surface area (Å²) in [5.41, 5.74) is 1.85. The fourth-order valence-electron chi connectivity index (χ4n) is 2.22. The number of carbonyl (C=O) groups is 1. The van der Waals surface area contributed by atoms with Crippen LogP contribution < -0.4 is 10.2 Å². The van der Waals surface area contributed by atoms with Gasteiger partial charge in [-0.3, -0.25) is 4.79 Å². The highest BCUT2D eigenvalue weighted by Gasteiger charge is 2.31. The molecule has 1 atom stereocenters. The van der Waals surface area contributed by atoms with Gasteiger partial charge in [0.15, 0.2) is 0 Å². The average molecular weight is 278 g/mol. The summed E-state index contributed by atoms with van der Waals surface area (Å²) in [7, 11) is 5.29. The molecule has 0 aliphatic carbocycles. The number of nitrogens with one attached hydrogen (secondary N) is 1. The van der Waals surface area contributed by atoms with Gasteiger partial charge in [0, 0.05) is 19.3 Å². The number of rotatable bonds is 7. The Labute approximate surface area is 122 Å². The van der Waals surface area contributed by atoms with Crippen molar-refractivity contribution in [1.29, 1.82) is 0 Å². The maximum absolute atomic E-state index is 11.8. The Balaban J connectivity index is 2.53. The van der Waals surface area contributed by atoms with Crippen LogP contribution >= 0.6 is 0 Å². The fraction of sp³-hybridized carbons (Fsp3) is 0.562. The van der Waals surface area contributed by atoms with E-state index in [9.17, 15) is 4.79 Å². The fourth-order valence-corrected chi connectivity index (χ4v) is 2.22. The highest BCUT2D eigenvalue weighted by molar-refractivity contribution is 5.80. The summed E-state index contributed by atoms with van der Waals surface area (Å²) < 4.78 is 4.85. The summed E-state index contributed by atoms with van der Waals surface area (Å²) in [5, 5.41) is 3.06. The molecule has 1 unspecified atom stereocenters. The van der Waals surface area contributed by atoms with Crippen LogP contribution in [0.2, 0.25) is 0 Å². The molecule has 0 aromatic heterocycles. The second kappa shape index (κ2) is 7.29. The van der Waals surface area contributed by atoms with Gasteiger partial charge in [-0.2, -0.15) is 0 Å². The molecule has 0 amide bonds. The summed E-state index contributed by atoms with van der Waals surface area (Å²) in [6.07, 6.45) is 1.66. The normalized spacial score (nSPS) is 13.7. The highest BCUT2D eigenvalue weighted by Crippen LogP contribution is 2.18. The number of carbonyl (C=O) groups excluding carboxylic acids is 1. The van der Waals surface area contributed by atoms with Gasteiger partial charge < -0.3 is 15.0 Å². The van der Waals surface area contributed by atoms with Gasteiger partial charge in [0.2, 0.25) is 0 Å². The van der Waals surface area contributed by atoms with Crippen molar-refractivity contribution in [3.05, 3.63) is 29.8 Å². The Bertz CT molecular complexity index is 448. The van der Waals surface area contributed by atoms with Gasteiger partial charge >= 0.3 is 5.97 Å². The van der Waals surface area contributed by atoms with E-state index >= 15 is 0 Å². The summed E-state index contributed by atoms with van der Waals surface area (Å²) >= 11 is 0. The lowest BCUT2D eigenvalue weighted by atomic mass is 9.96. The van der Waals surface area contributed by atoms with Gasteiger partial charge in [-0.1, -0.05) is 12.1 Å². The zero-order chi connectivity index (χ0) is 15.2. The number of likely N-dealkylation sites (N-methyl/N-ethyl adjacent to an activating group) is 1. The van der Waals surface area contributed by atoms with Crippen LogP contribution in [0.5, 0.6) is 0 Å². The molecule has 0 spiro atoms. The van der Waals surface area contributed by atoms with Crippen LogP contribution in [0, 0.1) is 6.92 Å². The van der Waals surface area contributed by atoms with Crippen LogP contribution in [0.25, 0.3) is 0 Å². The van der Waals surface area contributed by atoms with E-state index in [4.69, 9.17) is 4.74 Å². The Morgan fingerprint density at radius 1 is 1.45 bits per heavy atom. The number of nitrogens with zero attached hydrogens (tertiary/aromatic N) is 1. The van der Waals surface area contributed by atoms with Crippen molar-refractivity contribution in [3.8, 4) is 0 Å². The number of ether oxygens (including phenoxy) is 1. The van der Waals surface area contributed by atoms with Crippen LogP contribution in [0.4, 0.5) is 5.69 Å². The van der Waals surface area contributed by atoms with Crippen LogP contribution in [0.1, 0.15) is 25.3 Å². The second-order valence-electron chi connectivity index (χ2n) is 5.44. The minimum Gasteiger partial charge on any atom is -0.468 e. The van der Waals surface area contributed by atoms with Crippen molar-refractivity contribution < 1.29 is 9.53 Å². The number of benzene rings is 1. The van der Waals surface area contributed by atoms with Crippen LogP contribution in [0.15, 0.2) is 24.3 Å². The van der Waals surface area contributed by atoms with Gasteiger partial charge in [-0.15, -0.1) is 0 Å². The third kappa shape index (κ3) is 4.23. The van der Waals surface area contributed by atoms with Gasteiger partial charge in [0.05, 0.1) is 7.11 Å². The lowest BCUT2D eigenvalue weighted by Gasteiger charge is -2.27. The maximum atomic E-state index is 11.8. The Hall–Kier alpha value is -1.55. The lowest BCUT2D eigenvalue weighted by Crippen LogP contribution is -2.48. The smallest absolute Gasteiger partial charge is 0.325 e. The van der Waals surface area contributed by atoms with Crippen LogP contribution in [-0.4, -0.2) is 39.3 Å². The zero-order valence-corrected chi connectivity index (χ0v) is 13.2. The van der Waals surface area contributed by atoms with Crippen molar-refractivity contribution in [2.75, 3.05) is 32.6 Å². The molecule has 0 aliphatic rings. The zero-order valence-electron chi connectivity index (χ0n) is 13.2. The Kier molecular flexibility index (Phi) is 6.02. The largest absolute Gasteiger partial charge is 0.468 e. The quantitative estimate of drug-likeness (QED) is 0.778. The first kappa shape index (κ1) is 16.5. The number of esters is 1. The van der Waals surface area contributed by atoms with Crippen LogP contribution in [-0.2, 0) is 9.53 Å². The van der Waals surface area contributed by atoms with Crippen molar-refractivity contribution in [3.63, 3.8) is 0 Å². The third-order valence-electron chi connectivity index (χ3n) is 3.80. The van der Waals surface area contributed by atoms with E-state index in [0.717, 1.165) is 19.4 Å². The number of methoxy groups -OCH3 is 1. The molecule has 0 saturated carbocycles. The first-order valence-electron chi connectivity index (χ1n) is 6.98. The molecule has 112 valence electrons. The molecule has 0 heterocycles. The summed E-state index contributed by atoms with van der Waals surface area (Å²) in [4.78, 5) is 14.0. The predicted molar refractivity (Wildman–Crippen MR) is 83.2 cm³/mol. The molecule has 1 rings (SSSR count). The molecular weight excluding hydrogens is 252 g/mol. The summed E-state index contributed by atoms with van der Waals surface area (Å²) in [6.45, 7) is 4.87. The standard InChI is InChI=1S/C16H26N2O2/c1-13-8-6-9-14(12-13)18(4)11-7-10-16(2,17-3)15(19)20-5/h6,8-9,12,17H,7,10-11H2,1-5H3. The minimum atomic E-state index is -0.609. The number of anilines is 1. The van der Waals surface area contributed by atoms with E-state index in [2.05, 4.69) is 48.5 Å². The molecule has 1 aromatic rings. The van der Waals surface area contributed by atoms with Crippen molar-refractivity contribution in [2.24, 2.45) is 0 Å². The molecule has 0 bridgehead atoms. The van der Waals surface area contributed by atoms with E-state index in [-0.39, 0.29) is 5.97 Å². The van der Waals surface area contributed by atoms with E-state index in [1.807, 2.05) is 6.92 Å². The monoisotopic (exact) mass is 278 g/mol. The third-order valence-corrected chi connectivity index (χ3v) is 3.80. The van der Waals surface area contributed by atoms with Gasteiger partial charge in [0.1, 0.15) is 5.54 Å². The molecule has 4 nitrogen and oxygen atoms in total. The molecule has 0 radical (unpaired) electrons. The first-order chi connectivity index (χ1) is 9.42. The van der Waals surface area contributed by atoms with E-state index < -0.39 is 5.54 Å². The summed E-state index contributed by atoms with van der Waals surface area (Å²) in [6, 6.07) is 8.42. The van der Waals surface area contributed by atoms with Gasteiger partial charge in [-0.05, 0) is 51.4 Å². The highest BCUT2D eigenvalue weighted by atomic mass is 16.5. The topological polar surface area (TPSA) is 41.6 Å². The SMILES string of the molecule is CNC(C)(CCCN(C)c1cccc(C)c1)C(=O)OC. The maximum Gasteiger partial charge on any atom is 0.325 e. The minimum absolute atomic E-state index is 0.210. The molecular formula is C16H26N2O2. The van der Waals surface area contributed by atoms with E-state index in [1.54, 1.807) is 7.05 Å². The second-order valence-corrected chi connectivity index (χ2v) is 5.44. The van der Waals surface area contributed by atoms with E-state index in [0.29, 0.717) is 0 Å². The van der Waals surface area contributed by atoms with Crippen LogP contribution in [0.3, 0.4) is 0 Å². The number of hydrogen-bond acceptors (Lipinski definition) is 4. The van der Waals surface area contributed by atoms with Crippen molar-refractivity contribution in [2.45, 2.75) is 32.2 Å². The first-order valence-corrected chi connectivity index (χ1v) is 6.98. The molecule has 4 heteroatoms. The average Bonchev–Trinajstić information content (AvgIpc) is 2.45. The predicted octanol–water partition coefficient (Wildman–Crippen LogP) is 2.36. The summed E-state index contributed by atoms with van der Waals surface area (Å²) in [5.74, 6) is -0.210. The lowest BCUT2D eigenvalue weighted by molar-refractivity contribution is -0.148. The van der Waals surface area contributed by atoms with E-state index in [1.165, 1.54) is 18.4 Å². The Morgan fingerprint density at radius 3 is 2.70 bits per heavy atom. The molecule has 0 saturated heterocycles. The van der Waals surface area contributed by atoms with Crippen molar-refractivity contribution in [1.82, 2.24) is 5.32 Å².